The van der Waals surface area contributed by atoms with Crippen LogP contribution in [0.2, 0.25) is 0 Å². The van der Waals surface area contributed by atoms with Gasteiger partial charge in [0, 0.05) is 44.1 Å². The van der Waals surface area contributed by atoms with Crippen molar-refractivity contribution in [1.29, 1.82) is 0 Å². The van der Waals surface area contributed by atoms with Gasteiger partial charge in [0.25, 0.3) is 0 Å². The molecule has 1 aromatic heterocycles. The Bertz CT molecular complexity index is 632. The lowest BCUT2D eigenvalue weighted by Gasteiger charge is -2.15. The first kappa shape index (κ1) is 16.4. The lowest BCUT2D eigenvalue weighted by molar-refractivity contribution is -0.125. The van der Waals surface area contributed by atoms with Gasteiger partial charge in [0.05, 0.1) is 6.10 Å². The lowest BCUT2D eigenvalue weighted by Crippen LogP contribution is -2.33. The maximum Gasteiger partial charge on any atom is 0.223 e. The molecular formula is C18H22N4O2. The van der Waals surface area contributed by atoms with Crippen LogP contribution in [0.25, 0.3) is 0 Å². The van der Waals surface area contributed by atoms with E-state index in [0.29, 0.717) is 13.0 Å². The molecular weight excluding hydrogens is 304 g/mol. The first-order valence-electron chi connectivity index (χ1n) is 8.43. The van der Waals surface area contributed by atoms with Crippen molar-refractivity contribution in [3.8, 4) is 18.1 Å². The third kappa shape index (κ3) is 4.31. The number of amides is 1. The van der Waals surface area contributed by atoms with Crippen LogP contribution in [0, 0.1) is 18.3 Å². The Balaban J connectivity index is 1.37. The molecule has 1 aromatic rings. The zero-order chi connectivity index (χ0) is 16.8. The maximum absolute atomic E-state index is 12.3. The van der Waals surface area contributed by atoms with E-state index in [1.807, 2.05) is 12.1 Å². The Labute approximate surface area is 142 Å². The van der Waals surface area contributed by atoms with E-state index in [1.54, 1.807) is 12.4 Å². The molecule has 0 spiro atoms. The summed E-state index contributed by atoms with van der Waals surface area (Å²) in [5, 5.41) is 11.2. The average molecular weight is 326 g/mol. The molecule has 3 rings (SSSR count). The highest BCUT2D eigenvalue weighted by Gasteiger charge is 2.39. The number of aromatic nitrogens is 1. The molecule has 1 amide bonds. The highest BCUT2D eigenvalue weighted by atomic mass is 16.5. The number of pyridine rings is 1. The molecule has 6 heteroatoms. The van der Waals surface area contributed by atoms with Crippen LogP contribution in [0.15, 0.2) is 34.8 Å². The van der Waals surface area contributed by atoms with Crippen molar-refractivity contribution in [3.63, 3.8) is 0 Å². The van der Waals surface area contributed by atoms with Crippen LogP contribution in [0.4, 0.5) is 0 Å². The summed E-state index contributed by atoms with van der Waals surface area (Å²) >= 11 is 0. The van der Waals surface area contributed by atoms with Gasteiger partial charge in [-0.2, -0.15) is 10.2 Å². The SMILES string of the molecule is C#CCCC1(CCNC(=O)[C@@H]2CC[C@@H](Oc3ccncc3)C2)N=N1. The predicted molar refractivity (Wildman–Crippen MR) is 89.3 cm³/mol. The standard InChI is InChI=1S/C18H22N4O2/c1-2-3-8-18(21-22-18)9-12-20-17(23)14-4-5-16(13-14)24-15-6-10-19-11-7-15/h1,6-7,10-11,14,16H,3-5,8-9,12-13H2,(H,20,23)/t14-,16-/m1/s1. The molecule has 0 aromatic carbocycles. The van der Waals surface area contributed by atoms with Crippen molar-refractivity contribution in [3.05, 3.63) is 24.5 Å². The molecule has 1 aliphatic heterocycles. The highest BCUT2D eigenvalue weighted by molar-refractivity contribution is 5.78. The van der Waals surface area contributed by atoms with Gasteiger partial charge in [-0.1, -0.05) is 0 Å². The number of hydrogen-bond acceptors (Lipinski definition) is 5. The highest BCUT2D eigenvalue weighted by Crippen LogP contribution is 2.36. The van der Waals surface area contributed by atoms with Crippen LogP contribution in [-0.4, -0.2) is 29.2 Å². The summed E-state index contributed by atoms with van der Waals surface area (Å²) in [6.45, 7) is 0.586. The number of nitrogens with one attached hydrogen (secondary N) is 1. The van der Waals surface area contributed by atoms with Crippen molar-refractivity contribution < 1.29 is 9.53 Å². The van der Waals surface area contributed by atoms with E-state index in [9.17, 15) is 4.79 Å². The van der Waals surface area contributed by atoms with E-state index in [0.717, 1.165) is 37.9 Å². The molecule has 0 saturated heterocycles. The van der Waals surface area contributed by atoms with E-state index < -0.39 is 0 Å². The van der Waals surface area contributed by atoms with E-state index in [4.69, 9.17) is 11.2 Å². The Kier molecular flexibility index (Phi) is 5.09. The molecule has 0 radical (unpaired) electrons. The van der Waals surface area contributed by atoms with Crippen molar-refractivity contribution >= 4 is 5.91 Å². The van der Waals surface area contributed by atoms with E-state index in [1.165, 1.54) is 0 Å². The first-order valence-corrected chi connectivity index (χ1v) is 8.43. The van der Waals surface area contributed by atoms with Crippen molar-refractivity contribution in [2.24, 2.45) is 16.1 Å². The van der Waals surface area contributed by atoms with E-state index in [2.05, 4.69) is 26.4 Å². The van der Waals surface area contributed by atoms with Gasteiger partial charge in [-0.05, 0) is 31.4 Å². The quantitative estimate of drug-likeness (QED) is 0.746. The minimum atomic E-state index is -0.331. The number of rotatable bonds is 8. The third-order valence-corrected chi connectivity index (χ3v) is 4.58. The fourth-order valence-corrected chi connectivity index (χ4v) is 3.09. The Hall–Kier alpha value is -2.42. The van der Waals surface area contributed by atoms with Gasteiger partial charge in [0.15, 0.2) is 5.66 Å². The smallest absolute Gasteiger partial charge is 0.223 e. The minimum Gasteiger partial charge on any atom is -0.490 e. The second-order valence-electron chi connectivity index (χ2n) is 6.36. The van der Waals surface area contributed by atoms with Gasteiger partial charge < -0.3 is 10.1 Å². The summed E-state index contributed by atoms with van der Waals surface area (Å²) in [7, 11) is 0. The zero-order valence-corrected chi connectivity index (χ0v) is 13.6. The molecule has 2 aliphatic rings. The van der Waals surface area contributed by atoms with Crippen LogP contribution < -0.4 is 10.1 Å². The zero-order valence-electron chi connectivity index (χ0n) is 13.6. The number of hydrogen-bond donors (Lipinski definition) is 1. The van der Waals surface area contributed by atoms with Crippen molar-refractivity contribution in [2.75, 3.05) is 6.54 Å². The van der Waals surface area contributed by atoms with Crippen LogP contribution in [0.3, 0.4) is 0 Å². The second-order valence-corrected chi connectivity index (χ2v) is 6.36. The van der Waals surface area contributed by atoms with E-state index >= 15 is 0 Å². The van der Waals surface area contributed by atoms with Gasteiger partial charge >= 0.3 is 0 Å². The lowest BCUT2D eigenvalue weighted by atomic mass is 10.0. The second kappa shape index (κ2) is 7.43. The maximum atomic E-state index is 12.3. The fraction of sp³-hybridized carbons (Fsp3) is 0.556. The monoisotopic (exact) mass is 326 g/mol. The largest absolute Gasteiger partial charge is 0.490 e. The number of terminal acetylenes is 1. The van der Waals surface area contributed by atoms with Gasteiger partial charge in [0.1, 0.15) is 5.75 Å². The average Bonchev–Trinajstić information content (AvgIpc) is 3.21. The molecule has 24 heavy (non-hydrogen) atoms. The molecule has 0 bridgehead atoms. The molecule has 1 N–H and O–H groups in total. The molecule has 2 heterocycles. The molecule has 126 valence electrons. The Morgan fingerprint density at radius 1 is 1.33 bits per heavy atom. The normalized spacial score (nSPS) is 23.5. The first-order chi connectivity index (χ1) is 11.7. The summed E-state index contributed by atoms with van der Waals surface area (Å²) in [5.41, 5.74) is -0.331. The summed E-state index contributed by atoms with van der Waals surface area (Å²) in [4.78, 5) is 16.3. The molecule has 1 saturated carbocycles. The fourth-order valence-electron chi connectivity index (χ4n) is 3.09. The van der Waals surface area contributed by atoms with Gasteiger partial charge in [-0.25, -0.2) is 0 Å². The summed E-state index contributed by atoms with van der Waals surface area (Å²) in [6.07, 6.45) is 13.5. The van der Waals surface area contributed by atoms with Gasteiger partial charge in [0.2, 0.25) is 5.91 Å². The number of ether oxygens (including phenoxy) is 1. The number of carbonyl (C=O) groups excluding carboxylic acids is 1. The minimum absolute atomic E-state index is 0.0200. The summed E-state index contributed by atoms with van der Waals surface area (Å²) < 4.78 is 5.90. The van der Waals surface area contributed by atoms with Crippen LogP contribution in [0.5, 0.6) is 5.75 Å². The topological polar surface area (TPSA) is 75.9 Å². The van der Waals surface area contributed by atoms with Gasteiger partial charge in [-0.3, -0.25) is 9.78 Å². The van der Waals surface area contributed by atoms with Crippen LogP contribution in [-0.2, 0) is 4.79 Å². The van der Waals surface area contributed by atoms with Crippen molar-refractivity contribution in [1.82, 2.24) is 10.3 Å². The predicted octanol–water partition coefficient (Wildman–Crippen LogP) is 2.71. The van der Waals surface area contributed by atoms with Crippen LogP contribution in [0.1, 0.15) is 38.5 Å². The van der Waals surface area contributed by atoms with Crippen LogP contribution >= 0.6 is 0 Å². The summed E-state index contributed by atoms with van der Waals surface area (Å²) in [5.74, 6) is 3.54. The molecule has 6 nitrogen and oxygen atoms in total. The third-order valence-electron chi connectivity index (χ3n) is 4.58. The number of nitrogens with zero attached hydrogens (tertiary/aromatic N) is 3. The molecule has 2 atom stereocenters. The number of carbonyl (C=O) groups is 1. The molecule has 1 aliphatic carbocycles. The molecule has 1 fully saturated rings. The van der Waals surface area contributed by atoms with Gasteiger partial charge in [-0.15, -0.1) is 12.3 Å². The molecule has 0 unspecified atom stereocenters. The van der Waals surface area contributed by atoms with Crippen molar-refractivity contribution in [2.45, 2.75) is 50.3 Å². The Morgan fingerprint density at radius 2 is 2.12 bits per heavy atom. The summed E-state index contributed by atoms with van der Waals surface area (Å²) in [6, 6.07) is 3.68. The van der Waals surface area contributed by atoms with E-state index in [-0.39, 0.29) is 23.6 Å². The Morgan fingerprint density at radius 3 is 2.83 bits per heavy atom.